The highest BCUT2D eigenvalue weighted by atomic mass is 16.3. The first-order chi connectivity index (χ1) is 7.65. The fourth-order valence-corrected chi connectivity index (χ4v) is 1.99. The minimum absolute atomic E-state index is 0.133. The minimum atomic E-state index is -0.259. The van der Waals surface area contributed by atoms with Crippen LogP contribution in [0.5, 0.6) is 0 Å². The standard InChI is InChI=1S/C13H17NO2/c1-10-2-4-11(5-3-10)13(16)9-14-7-6-12(15)8-14/h2-5,12,15H,6-9H2,1H3. The maximum atomic E-state index is 11.9. The van der Waals surface area contributed by atoms with Crippen molar-refractivity contribution in [2.45, 2.75) is 19.4 Å². The number of rotatable bonds is 3. The number of benzene rings is 1. The Balaban J connectivity index is 1.95. The number of nitrogens with zero attached hydrogens (tertiary/aromatic N) is 1. The van der Waals surface area contributed by atoms with Gasteiger partial charge in [0.25, 0.3) is 0 Å². The molecular weight excluding hydrogens is 202 g/mol. The van der Waals surface area contributed by atoms with Crippen molar-refractivity contribution in [2.75, 3.05) is 19.6 Å². The van der Waals surface area contributed by atoms with Crippen LogP contribution in [0.1, 0.15) is 22.3 Å². The third kappa shape index (κ3) is 2.68. The second kappa shape index (κ2) is 4.76. The molecule has 1 atom stereocenters. The summed E-state index contributed by atoms with van der Waals surface area (Å²) in [7, 11) is 0. The second-order valence-electron chi connectivity index (χ2n) is 4.47. The Hall–Kier alpha value is -1.19. The average Bonchev–Trinajstić information content (AvgIpc) is 2.65. The highest BCUT2D eigenvalue weighted by Crippen LogP contribution is 2.10. The van der Waals surface area contributed by atoms with Gasteiger partial charge in [-0.2, -0.15) is 0 Å². The number of carbonyl (C=O) groups is 1. The van der Waals surface area contributed by atoms with Crippen LogP contribution in [0, 0.1) is 6.92 Å². The SMILES string of the molecule is Cc1ccc(C(=O)CN2CCC(O)C2)cc1. The van der Waals surface area contributed by atoms with Gasteiger partial charge in [0.1, 0.15) is 0 Å². The van der Waals surface area contributed by atoms with Crippen LogP contribution in [0.3, 0.4) is 0 Å². The molecule has 1 aromatic carbocycles. The predicted octanol–water partition coefficient (Wildman–Crippen LogP) is 1.24. The van der Waals surface area contributed by atoms with Crippen molar-refractivity contribution < 1.29 is 9.90 Å². The van der Waals surface area contributed by atoms with E-state index >= 15 is 0 Å². The van der Waals surface area contributed by atoms with Gasteiger partial charge in [0.15, 0.2) is 5.78 Å². The Kier molecular flexibility index (Phi) is 3.36. The zero-order chi connectivity index (χ0) is 11.5. The molecule has 3 nitrogen and oxygen atoms in total. The van der Waals surface area contributed by atoms with E-state index in [9.17, 15) is 9.90 Å². The van der Waals surface area contributed by atoms with Gasteiger partial charge in [-0.3, -0.25) is 9.69 Å². The summed E-state index contributed by atoms with van der Waals surface area (Å²) in [5.41, 5.74) is 1.92. The van der Waals surface area contributed by atoms with Crippen LogP contribution in [-0.4, -0.2) is 41.5 Å². The normalized spacial score (nSPS) is 21.2. The topological polar surface area (TPSA) is 40.5 Å². The molecule has 0 saturated carbocycles. The summed E-state index contributed by atoms with van der Waals surface area (Å²) in [5, 5.41) is 9.37. The smallest absolute Gasteiger partial charge is 0.176 e. The summed E-state index contributed by atoms with van der Waals surface area (Å²) >= 11 is 0. The first kappa shape index (κ1) is 11.3. The monoisotopic (exact) mass is 219 g/mol. The van der Waals surface area contributed by atoms with Gasteiger partial charge < -0.3 is 5.11 Å². The van der Waals surface area contributed by atoms with E-state index in [1.807, 2.05) is 36.1 Å². The largest absolute Gasteiger partial charge is 0.392 e. The van der Waals surface area contributed by atoms with Crippen molar-refractivity contribution >= 4 is 5.78 Å². The van der Waals surface area contributed by atoms with Gasteiger partial charge in [-0.25, -0.2) is 0 Å². The average molecular weight is 219 g/mol. The molecule has 1 fully saturated rings. The third-order valence-corrected chi connectivity index (χ3v) is 2.99. The Labute approximate surface area is 95.7 Å². The second-order valence-corrected chi connectivity index (χ2v) is 4.47. The lowest BCUT2D eigenvalue weighted by Crippen LogP contribution is -2.28. The number of Topliss-reactive ketones (excluding diaryl/α,β-unsaturated/α-hetero) is 1. The van der Waals surface area contributed by atoms with Crippen LogP contribution in [-0.2, 0) is 0 Å². The lowest BCUT2D eigenvalue weighted by atomic mass is 10.1. The highest BCUT2D eigenvalue weighted by Gasteiger charge is 2.22. The molecule has 1 saturated heterocycles. The summed E-state index contributed by atoms with van der Waals surface area (Å²) in [5.74, 6) is 0.133. The van der Waals surface area contributed by atoms with Crippen molar-refractivity contribution in [1.29, 1.82) is 0 Å². The van der Waals surface area contributed by atoms with Crippen LogP contribution in [0.15, 0.2) is 24.3 Å². The Bertz CT molecular complexity index is 372. The molecule has 1 aromatic rings. The molecule has 0 aromatic heterocycles. The summed E-state index contributed by atoms with van der Waals surface area (Å²) in [4.78, 5) is 13.9. The molecule has 1 aliphatic rings. The van der Waals surface area contributed by atoms with E-state index in [2.05, 4.69) is 0 Å². The molecule has 0 bridgehead atoms. The lowest BCUT2D eigenvalue weighted by molar-refractivity contribution is 0.0935. The van der Waals surface area contributed by atoms with Gasteiger partial charge in [-0.1, -0.05) is 29.8 Å². The molecule has 16 heavy (non-hydrogen) atoms. The molecule has 1 unspecified atom stereocenters. The number of aryl methyl sites for hydroxylation is 1. The van der Waals surface area contributed by atoms with Crippen LogP contribution >= 0.6 is 0 Å². The van der Waals surface area contributed by atoms with Crippen molar-refractivity contribution in [2.24, 2.45) is 0 Å². The minimum Gasteiger partial charge on any atom is -0.392 e. The number of aliphatic hydroxyl groups is 1. The highest BCUT2D eigenvalue weighted by molar-refractivity contribution is 5.97. The van der Waals surface area contributed by atoms with E-state index in [0.29, 0.717) is 13.1 Å². The molecule has 0 amide bonds. The van der Waals surface area contributed by atoms with Gasteiger partial charge >= 0.3 is 0 Å². The number of ketones is 1. The van der Waals surface area contributed by atoms with Crippen molar-refractivity contribution in [3.05, 3.63) is 35.4 Å². The number of hydrogen-bond donors (Lipinski definition) is 1. The summed E-state index contributed by atoms with van der Waals surface area (Å²) < 4.78 is 0. The van der Waals surface area contributed by atoms with Gasteiger partial charge in [0.2, 0.25) is 0 Å². The third-order valence-electron chi connectivity index (χ3n) is 2.99. The van der Waals surface area contributed by atoms with Crippen LogP contribution in [0.2, 0.25) is 0 Å². The zero-order valence-electron chi connectivity index (χ0n) is 9.52. The summed E-state index contributed by atoms with van der Waals surface area (Å²) in [6.45, 7) is 3.86. The molecule has 2 rings (SSSR count). The fraction of sp³-hybridized carbons (Fsp3) is 0.462. The first-order valence-corrected chi connectivity index (χ1v) is 5.65. The van der Waals surface area contributed by atoms with Crippen molar-refractivity contribution in [1.82, 2.24) is 4.90 Å². The van der Waals surface area contributed by atoms with Crippen LogP contribution in [0.25, 0.3) is 0 Å². The summed E-state index contributed by atoms with van der Waals surface area (Å²) in [6.07, 6.45) is 0.520. The van der Waals surface area contributed by atoms with Crippen LogP contribution in [0.4, 0.5) is 0 Å². The maximum absolute atomic E-state index is 11.9. The van der Waals surface area contributed by atoms with Gasteiger partial charge in [-0.05, 0) is 13.3 Å². The molecule has 1 heterocycles. The number of likely N-dealkylation sites (tertiary alicyclic amines) is 1. The van der Waals surface area contributed by atoms with E-state index < -0.39 is 0 Å². The van der Waals surface area contributed by atoms with E-state index in [-0.39, 0.29) is 11.9 Å². The van der Waals surface area contributed by atoms with Crippen molar-refractivity contribution in [3.63, 3.8) is 0 Å². The molecule has 0 radical (unpaired) electrons. The van der Waals surface area contributed by atoms with E-state index in [0.717, 1.165) is 24.1 Å². The van der Waals surface area contributed by atoms with Gasteiger partial charge in [-0.15, -0.1) is 0 Å². The number of carbonyl (C=O) groups excluding carboxylic acids is 1. The summed E-state index contributed by atoms with van der Waals surface area (Å²) in [6, 6.07) is 7.63. The molecule has 86 valence electrons. The molecular formula is C13H17NO2. The molecule has 3 heteroatoms. The number of aliphatic hydroxyl groups excluding tert-OH is 1. The van der Waals surface area contributed by atoms with Crippen molar-refractivity contribution in [3.8, 4) is 0 Å². The molecule has 1 N–H and O–H groups in total. The first-order valence-electron chi connectivity index (χ1n) is 5.65. The van der Waals surface area contributed by atoms with E-state index in [4.69, 9.17) is 0 Å². The van der Waals surface area contributed by atoms with Gasteiger partial charge in [0.05, 0.1) is 12.6 Å². The number of hydrogen-bond acceptors (Lipinski definition) is 3. The Morgan fingerprint density at radius 3 is 2.69 bits per heavy atom. The fourth-order valence-electron chi connectivity index (χ4n) is 1.99. The van der Waals surface area contributed by atoms with Crippen LogP contribution < -0.4 is 0 Å². The van der Waals surface area contributed by atoms with E-state index in [1.54, 1.807) is 0 Å². The predicted molar refractivity (Wildman–Crippen MR) is 62.6 cm³/mol. The maximum Gasteiger partial charge on any atom is 0.176 e. The van der Waals surface area contributed by atoms with Gasteiger partial charge in [0, 0.05) is 18.7 Å². The lowest BCUT2D eigenvalue weighted by Gasteiger charge is -2.13. The zero-order valence-corrected chi connectivity index (χ0v) is 9.52. The Morgan fingerprint density at radius 2 is 2.12 bits per heavy atom. The molecule has 1 aliphatic heterocycles. The molecule has 0 spiro atoms. The molecule has 0 aliphatic carbocycles. The Morgan fingerprint density at radius 1 is 1.44 bits per heavy atom. The quantitative estimate of drug-likeness (QED) is 0.778. The van der Waals surface area contributed by atoms with E-state index in [1.165, 1.54) is 0 Å². The number of β-amino-alcohol motifs (C(OH)–C–C–N with tert-alkyl or cyclic N) is 1.